The van der Waals surface area contributed by atoms with Crippen LogP contribution in [0.5, 0.6) is 0 Å². The first-order chi connectivity index (χ1) is 9.89. The maximum Gasteiger partial charge on any atom is 0.243 e. The van der Waals surface area contributed by atoms with Crippen molar-refractivity contribution in [3.8, 4) is 0 Å². The maximum absolute atomic E-state index is 13.0. The minimum absolute atomic E-state index is 0.0361. The predicted molar refractivity (Wildman–Crippen MR) is 85.7 cm³/mol. The molecule has 120 valence electrons. The van der Waals surface area contributed by atoms with E-state index < -0.39 is 10.0 Å². The minimum atomic E-state index is -3.58. The Balaban J connectivity index is 3.29. The molecule has 5 nitrogen and oxygen atoms in total. The van der Waals surface area contributed by atoms with Gasteiger partial charge < -0.3 is 10.5 Å². The van der Waals surface area contributed by atoms with Crippen molar-refractivity contribution in [1.82, 2.24) is 4.31 Å². The second-order valence-electron chi connectivity index (χ2n) is 5.05. The normalized spacial score (nSPS) is 12.3. The summed E-state index contributed by atoms with van der Waals surface area (Å²) in [6.07, 6.45) is 1.53. The first-order valence-corrected chi connectivity index (χ1v) is 8.69. The van der Waals surface area contributed by atoms with E-state index in [0.717, 1.165) is 12.8 Å². The number of methoxy groups -OCH3 is 1. The molecule has 1 aromatic rings. The third kappa shape index (κ3) is 3.96. The van der Waals surface area contributed by atoms with Gasteiger partial charge in [-0.2, -0.15) is 4.31 Å². The maximum atomic E-state index is 13.0. The Labute approximate surface area is 128 Å². The number of sulfonamides is 1. The highest BCUT2D eigenvalue weighted by molar-refractivity contribution is 7.89. The van der Waals surface area contributed by atoms with E-state index in [0.29, 0.717) is 24.4 Å². The van der Waals surface area contributed by atoms with E-state index in [2.05, 4.69) is 0 Å². The van der Waals surface area contributed by atoms with Crippen molar-refractivity contribution >= 4 is 15.7 Å². The molecule has 0 saturated heterocycles. The van der Waals surface area contributed by atoms with Gasteiger partial charge >= 0.3 is 0 Å². The fraction of sp³-hybridized carbons (Fsp3) is 0.600. The summed E-state index contributed by atoms with van der Waals surface area (Å²) in [5.41, 5.74) is 6.95. The molecule has 0 aliphatic heterocycles. The molecule has 21 heavy (non-hydrogen) atoms. The topological polar surface area (TPSA) is 72.6 Å². The van der Waals surface area contributed by atoms with Crippen LogP contribution in [0, 0.1) is 6.92 Å². The number of hydrogen-bond acceptors (Lipinski definition) is 4. The molecule has 0 aliphatic carbocycles. The molecule has 0 radical (unpaired) electrons. The molecule has 1 aromatic carbocycles. The lowest BCUT2D eigenvalue weighted by Crippen LogP contribution is -2.42. The third-order valence-electron chi connectivity index (χ3n) is 3.78. The second-order valence-corrected chi connectivity index (χ2v) is 6.91. The van der Waals surface area contributed by atoms with Crippen LogP contribution in [-0.2, 0) is 14.8 Å². The van der Waals surface area contributed by atoms with Crippen LogP contribution in [-0.4, -0.2) is 39.0 Å². The van der Waals surface area contributed by atoms with Gasteiger partial charge in [0.15, 0.2) is 0 Å². The first-order valence-electron chi connectivity index (χ1n) is 7.25. The van der Waals surface area contributed by atoms with Gasteiger partial charge in [-0.3, -0.25) is 0 Å². The largest absolute Gasteiger partial charge is 0.398 e. The number of rotatable bonds is 8. The predicted octanol–water partition coefficient (Wildman–Crippen LogP) is 2.40. The number of hydrogen-bond donors (Lipinski definition) is 1. The standard InChI is InChI=1S/C15H26N2O3S/c1-5-13(6-2)17(10-11-20-4)21(18,19)15-9-7-8-14(16)12(15)3/h7-9,13H,5-6,10-11,16H2,1-4H3. The molecule has 0 heterocycles. The summed E-state index contributed by atoms with van der Waals surface area (Å²) < 4.78 is 32.6. The Morgan fingerprint density at radius 3 is 2.43 bits per heavy atom. The van der Waals surface area contributed by atoms with Crippen molar-refractivity contribution in [3.05, 3.63) is 23.8 Å². The zero-order valence-electron chi connectivity index (χ0n) is 13.3. The van der Waals surface area contributed by atoms with Crippen molar-refractivity contribution in [3.63, 3.8) is 0 Å². The lowest BCUT2D eigenvalue weighted by atomic mass is 10.2. The van der Waals surface area contributed by atoms with Crippen molar-refractivity contribution in [1.29, 1.82) is 0 Å². The number of ether oxygens (including phenoxy) is 1. The van der Waals surface area contributed by atoms with Gasteiger partial charge in [-0.05, 0) is 37.5 Å². The Kier molecular flexibility index (Phi) is 6.64. The number of nitrogens with zero attached hydrogens (tertiary/aromatic N) is 1. The number of anilines is 1. The van der Waals surface area contributed by atoms with Crippen molar-refractivity contribution in [2.45, 2.75) is 44.6 Å². The van der Waals surface area contributed by atoms with Crippen LogP contribution < -0.4 is 5.73 Å². The summed E-state index contributed by atoms with van der Waals surface area (Å²) >= 11 is 0. The summed E-state index contributed by atoms with van der Waals surface area (Å²) in [5, 5.41) is 0. The Morgan fingerprint density at radius 2 is 1.90 bits per heavy atom. The Bertz CT molecular complexity index is 554. The molecule has 0 fully saturated rings. The molecule has 0 aromatic heterocycles. The van der Waals surface area contributed by atoms with Gasteiger partial charge in [-0.15, -0.1) is 0 Å². The molecule has 0 spiro atoms. The van der Waals surface area contributed by atoms with Gasteiger partial charge in [-0.25, -0.2) is 8.42 Å². The fourth-order valence-electron chi connectivity index (χ4n) is 2.41. The summed E-state index contributed by atoms with van der Waals surface area (Å²) in [6, 6.07) is 4.97. The van der Waals surface area contributed by atoms with E-state index in [-0.39, 0.29) is 10.9 Å². The minimum Gasteiger partial charge on any atom is -0.398 e. The quantitative estimate of drug-likeness (QED) is 0.748. The van der Waals surface area contributed by atoms with E-state index in [1.807, 2.05) is 13.8 Å². The van der Waals surface area contributed by atoms with Gasteiger partial charge in [0, 0.05) is 25.4 Å². The molecule has 0 bridgehead atoms. The van der Waals surface area contributed by atoms with Gasteiger partial charge in [0.05, 0.1) is 11.5 Å². The van der Waals surface area contributed by atoms with Crippen LogP contribution in [0.1, 0.15) is 32.3 Å². The van der Waals surface area contributed by atoms with Gasteiger partial charge in [0.1, 0.15) is 0 Å². The Hall–Kier alpha value is -1.11. The van der Waals surface area contributed by atoms with Gasteiger partial charge in [-0.1, -0.05) is 19.9 Å². The third-order valence-corrected chi connectivity index (χ3v) is 5.87. The summed E-state index contributed by atoms with van der Waals surface area (Å²) in [6.45, 7) is 6.45. The zero-order valence-corrected chi connectivity index (χ0v) is 14.1. The van der Waals surface area contributed by atoms with Crippen molar-refractivity contribution in [2.24, 2.45) is 0 Å². The van der Waals surface area contributed by atoms with Crippen molar-refractivity contribution in [2.75, 3.05) is 26.0 Å². The lowest BCUT2D eigenvalue weighted by Gasteiger charge is -2.30. The number of nitrogen functional groups attached to an aromatic ring is 1. The molecule has 2 N–H and O–H groups in total. The van der Waals surface area contributed by atoms with E-state index in [1.54, 1.807) is 32.2 Å². The van der Waals surface area contributed by atoms with Crippen LogP contribution in [0.4, 0.5) is 5.69 Å². The second kappa shape index (κ2) is 7.77. The lowest BCUT2D eigenvalue weighted by molar-refractivity contribution is 0.163. The van der Waals surface area contributed by atoms with Gasteiger partial charge in [0.25, 0.3) is 0 Å². The molecule has 0 saturated carbocycles. The molecule has 0 atom stereocenters. The summed E-state index contributed by atoms with van der Waals surface area (Å²) in [5.74, 6) is 0. The average Bonchev–Trinajstić information content (AvgIpc) is 2.46. The van der Waals surface area contributed by atoms with E-state index in [9.17, 15) is 8.42 Å². The monoisotopic (exact) mass is 314 g/mol. The molecule has 6 heteroatoms. The fourth-order valence-corrected chi connectivity index (χ4v) is 4.43. The molecular weight excluding hydrogens is 288 g/mol. The van der Waals surface area contributed by atoms with Crippen LogP contribution in [0.15, 0.2) is 23.1 Å². The zero-order chi connectivity index (χ0) is 16.0. The van der Waals surface area contributed by atoms with E-state index in [1.165, 1.54) is 4.31 Å². The molecule has 1 rings (SSSR count). The highest BCUT2D eigenvalue weighted by Gasteiger charge is 2.30. The highest BCUT2D eigenvalue weighted by atomic mass is 32.2. The Morgan fingerprint density at radius 1 is 1.29 bits per heavy atom. The van der Waals surface area contributed by atoms with Crippen LogP contribution in [0.25, 0.3) is 0 Å². The molecular formula is C15H26N2O3S. The summed E-state index contributed by atoms with van der Waals surface area (Å²) in [7, 11) is -2.00. The van der Waals surface area contributed by atoms with Gasteiger partial charge in [0.2, 0.25) is 10.0 Å². The number of nitrogens with two attached hydrogens (primary N) is 1. The smallest absolute Gasteiger partial charge is 0.243 e. The molecule has 0 aliphatic rings. The van der Waals surface area contributed by atoms with E-state index >= 15 is 0 Å². The molecule has 0 amide bonds. The number of benzene rings is 1. The van der Waals surface area contributed by atoms with Crippen LogP contribution >= 0.6 is 0 Å². The van der Waals surface area contributed by atoms with E-state index in [4.69, 9.17) is 10.5 Å². The van der Waals surface area contributed by atoms with Crippen molar-refractivity contribution < 1.29 is 13.2 Å². The molecule has 0 unspecified atom stereocenters. The first kappa shape index (κ1) is 17.9. The summed E-state index contributed by atoms with van der Waals surface area (Å²) in [4.78, 5) is 0.283. The van der Waals surface area contributed by atoms with Crippen LogP contribution in [0.3, 0.4) is 0 Å². The van der Waals surface area contributed by atoms with Crippen LogP contribution in [0.2, 0.25) is 0 Å². The SMILES string of the molecule is CCC(CC)N(CCOC)S(=O)(=O)c1cccc(N)c1C. The highest BCUT2D eigenvalue weighted by Crippen LogP contribution is 2.26. The average molecular weight is 314 g/mol.